The Hall–Kier alpha value is -1.71. The van der Waals surface area contributed by atoms with E-state index in [1.54, 1.807) is 0 Å². The van der Waals surface area contributed by atoms with E-state index in [9.17, 15) is 4.39 Å². The summed E-state index contributed by atoms with van der Waals surface area (Å²) >= 11 is 8.79. The molecule has 0 saturated carbocycles. The normalized spacial score (nSPS) is 9.89. The van der Waals surface area contributed by atoms with Crippen LogP contribution in [0.1, 0.15) is 5.69 Å². The highest BCUT2D eigenvalue weighted by molar-refractivity contribution is 9.10. The molecule has 0 spiro atoms. The summed E-state index contributed by atoms with van der Waals surface area (Å²) in [5, 5.41) is 8.55. The van der Waals surface area contributed by atoms with Gasteiger partial charge in [0.1, 0.15) is 17.6 Å². The van der Waals surface area contributed by atoms with E-state index >= 15 is 0 Å². The molecule has 0 saturated heterocycles. The smallest absolute Gasteiger partial charge is 0.237 e. The van der Waals surface area contributed by atoms with Crippen LogP contribution in [-0.4, -0.2) is 9.97 Å². The van der Waals surface area contributed by atoms with Gasteiger partial charge < -0.3 is 4.74 Å². The van der Waals surface area contributed by atoms with Gasteiger partial charge in [0.05, 0.1) is 21.9 Å². The standard InChI is InChI=1S/C11H4BrClFN3O/c12-7-1-8(13)9(14)2-10(7)18-11-5-16-6(3-15)4-17-11/h1-2,4-5H. The SMILES string of the molecule is N#Cc1cnc(Oc2cc(F)c(Cl)cc2Br)cn1. The van der Waals surface area contributed by atoms with Gasteiger partial charge in [-0.05, 0) is 22.0 Å². The summed E-state index contributed by atoms with van der Waals surface area (Å²) in [7, 11) is 0. The van der Waals surface area contributed by atoms with E-state index in [1.807, 2.05) is 6.07 Å². The van der Waals surface area contributed by atoms with Gasteiger partial charge in [0.25, 0.3) is 0 Å². The number of nitriles is 1. The molecule has 0 radical (unpaired) electrons. The Morgan fingerprint density at radius 3 is 2.72 bits per heavy atom. The van der Waals surface area contributed by atoms with Gasteiger partial charge >= 0.3 is 0 Å². The first kappa shape index (κ1) is 12.7. The fourth-order valence-electron chi connectivity index (χ4n) is 1.12. The lowest BCUT2D eigenvalue weighted by Crippen LogP contribution is -1.92. The summed E-state index contributed by atoms with van der Waals surface area (Å²) in [6, 6.07) is 4.34. The minimum atomic E-state index is -0.600. The molecule has 0 fully saturated rings. The topological polar surface area (TPSA) is 58.8 Å². The average molecular weight is 329 g/mol. The summed E-state index contributed by atoms with van der Waals surface area (Å²) < 4.78 is 19.1. The second-order valence-electron chi connectivity index (χ2n) is 3.15. The molecule has 0 aliphatic rings. The van der Waals surface area contributed by atoms with Crippen LogP contribution < -0.4 is 4.74 Å². The molecule has 0 unspecified atom stereocenters. The average Bonchev–Trinajstić information content (AvgIpc) is 2.37. The Morgan fingerprint density at radius 2 is 2.11 bits per heavy atom. The van der Waals surface area contributed by atoms with Crippen molar-refractivity contribution in [1.29, 1.82) is 5.26 Å². The molecule has 0 amide bonds. The second kappa shape index (κ2) is 5.29. The fourth-order valence-corrected chi connectivity index (χ4v) is 1.84. The van der Waals surface area contributed by atoms with Gasteiger partial charge in [0, 0.05) is 6.07 Å². The summed E-state index contributed by atoms with van der Waals surface area (Å²) in [5.74, 6) is -0.233. The van der Waals surface area contributed by atoms with Crippen molar-refractivity contribution in [2.45, 2.75) is 0 Å². The fraction of sp³-hybridized carbons (Fsp3) is 0. The van der Waals surface area contributed by atoms with Crippen molar-refractivity contribution in [3.63, 3.8) is 0 Å². The molecular formula is C11H4BrClFN3O. The Balaban J connectivity index is 2.28. The molecule has 2 rings (SSSR count). The van der Waals surface area contributed by atoms with Crippen LogP contribution in [0.25, 0.3) is 0 Å². The Bertz CT molecular complexity index is 627. The van der Waals surface area contributed by atoms with E-state index in [0.717, 1.165) is 6.07 Å². The van der Waals surface area contributed by atoms with Crippen molar-refractivity contribution in [3.8, 4) is 17.7 Å². The predicted octanol–water partition coefficient (Wildman–Crippen LogP) is 3.70. The third kappa shape index (κ3) is 2.75. The van der Waals surface area contributed by atoms with E-state index < -0.39 is 5.82 Å². The van der Waals surface area contributed by atoms with E-state index in [0.29, 0.717) is 4.47 Å². The maximum Gasteiger partial charge on any atom is 0.237 e. The molecule has 2 aromatic rings. The lowest BCUT2D eigenvalue weighted by molar-refractivity contribution is 0.452. The minimum absolute atomic E-state index is 0.0138. The number of hydrogen-bond donors (Lipinski definition) is 0. The Kier molecular flexibility index (Phi) is 3.75. The van der Waals surface area contributed by atoms with Crippen LogP contribution in [0.3, 0.4) is 0 Å². The monoisotopic (exact) mass is 327 g/mol. The van der Waals surface area contributed by atoms with Crippen molar-refractivity contribution in [2.24, 2.45) is 0 Å². The highest BCUT2D eigenvalue weighted by Crippen LogP contribution is 2.32. The number of nitrogens with zero attached hydrogens (tertiary/aromatic N) is 3. The predicted molar refractivity (Wildman–Crippen MR) is 65.9 cm³/mol. The summed E-state index contributed by atoms with van der Waals surface area (Å²) in [5.41, 5.74) is 0.170. The van der Waals surface area contributed by atoms with Gasteiger partial charge in [0.2, 0.25) is 5.88 Å². The molecule has 0 bridgehead atoms. The lowest BCUT2D eigenvalue weighted by Gasteiger charge is -2.07. The lowest BCUT2D eigenvalue weighted by atomic mass is 10.3. The first-order chi connectivity index (χ1) is 8.60. The molecule has 0 aliphatic heterocycles. The van der Waals surface area contributed by atoms with Gasteiger partial charge in [-0.15, -0.1) is 0 Å². The van der Waals surface area contributed by atoms with Crippen LogP contribution in [0, 0.1) is 17.1 Å². The van der Waals surface area contributed by atoms with Gasteiger partial charge in [-0.2, -0.15) is 5.26 Å². The molecule has 18 heavy (non-hydrogen) atoms. The highest BCUT2D eigenvalue weighted by atomic mass is 79.9. The van der Waals surface area contributed by atoms with Crippen molar-refractivity contribution >= 4 is 27.5 Å². The molecule has 1 aromatic carbocycles. The maximum atomic E-state index is 13.3. The third-order valence-corrected chi connectivity index (χ3v) is 2.84. The second-order valence-corrected chi connectivity index (χ2v) is 4.41. The van der Waals surface area contributed by atoms with Crippen molar-refractivity contribution in [3.05, 3.63) is 45.5 Å². The number of ether oxygens (including phenoxy) is 1. The van der Waals surface area contributed by atoms with Gasteiger partial charge in [-0.3, -0.25) is 0 Å². The van der Waals surface area contributed by atoms with Crippen LogP contribution in [-0.2, 0) is 0 Å². The molecular weight excluding hydrogens is 324 g/mol. The minimum Gasteiger partial charge on any atom is -0.436 e. The largest absolute Gasteiger partial charge is 0.436 e. The Morgan fingerprint density at radius 1 is 1.33 bits per heavy atom. The van der Waals surface area contributed by atoms with E-state index in [2.05, 4.69) is 25.9 Å². The number of benzene rings is 1. The molecule has 1 aromatic heterocycles. The van der Waals surface area contributed by atoms with Crippen LogP contribution in [0.2, 0.25) is 5.02 Å². The highest BCUT2D eigenvalue weighted by Gasteiger charge is 2.09. The van der Waals surface area contributed by atoms with Gasteiger partial charge in [0.15, 0.2) is 5.69 Å². The Labute approximate surface area is 115 Å². The molecule has 90 valence electrons. The zero-order chi connectivity index (χ0) is 13.1. The molecule has 0 N–H and O–H groups in total. The maximum absolute atomic E-state index is 13.3. The number of aromatic nitrogens is 2. The number of rotatable bonds is 2. The molecule has 0 aliphatic carbocycles. The van der Waals surface area contributed by atoms with E-state index in [1.165, 1.54) is 18.5 Å². The zero-order valence-electron chi connectivity index (χ0n) is 8.69. The van der Waals surface area contributed by atoms with Crippen LogP contribution in [0.5, 0.6) is 11.6 Å². The van der Waals surface area contributed by atoms with E-state index in [4.69, 9.17) is 21.6 Å². The third-order valence-electron chi connectivity index (χ3n) is 1.93. The first-order valence-corrected chi connectivity index (χ1v) is 5.82. The summed E-state index contributed by atoms with van der Waals surface area (Å²) in [6.07, 6.45) is 2.53. The van der Waals surface area contributed by atoms with Crippen molar-refractivity contribution < 1.29 is 9.13 Å². The number of hydrogen-bond acceptors (Lipinski definition) is 4. The molecule has 4 nitrogen and oxygen atoms in total. The van der Waals surface area contributed by atoms with Gasteiger partial charge in [-0.25, -0.2) is 14.4 Å². The molecule has 7 heteroatoms. The van der Waals surface area contributed by atoms with Crippen LogP contribution in [0.15, 0.2) is 29.0 Å². The first-order valence-electron chi connectivity index (χ1n) is 4.64. The van der Waals surface area contributed by atoms with Gasteiger partial charge in [-0.1, -0.05) is 11.6 Å². The summed E-state index contributed by atoms with van der Waals surface area (Å²) in [4.78, 5) is 7.63. The van der Waals surface area contributed by atoms with E-state index in [-0.39, 0.29) is 22.3 Å². The zero-order valence-corrected chi connectivity index (χ0v) is 11.0. The van der Waals surface area contributed by atoms with Crippen molar-refractivity contribution in [1.82, 2.24) is 9.97 Å². The van der Waals surface area contributed by atoms with Crippen LogP contribution in [0.4, 0.5) is 4.39 Å². The van der Waals surface area contributed by atoms with Crippen molar-refractivity contribution in [2.75, 3.05) is 0 Å². The number of halogens is 3. The van der Waals surface area contributed by atoms with Crippen LogP contribution >= 0.6 is 27.5 Å². The molecule has 1 heterocycles. The molecule has 0 atom stereocenters. The summed E-state index contributed by atoms with van der Waals surface area (Å²) in [6.45, 7) is 0. The quantitative estimate of drug-likeness (QED) is 0.789.